The third kappa shape index (κ3) is 22.5. The standard InChI is InChI=1S/C65H56Cl4N16O6S2.2O3S/c1-34-23-54(82-78-46-13-9-44(66)10-14-46)36(3)21-42(34)29-60-72-61(30-43-22-37(4)55(24-35(43)2)84-80-48-17-19-50(68)58(31-48)92(86,87)88)74-62(73-60)33-63-75-64(70-52-25-40(7)56(27-38(52)5)83-79-47-15-11-45(67)12-16-47)77-65(76-63)71-53-26-41(8)57(28-39(53)6)85-81-49-18-20-51(69)59(32-49)93(89,90)91;2*1-4(2)3/h9-28,31-32H,29-30,33H2,1-8H3,(H,86,87,88)(H,89,90,91)(H2,70,71,75,76,77);;. The first-order chi connectivity index (χ1) is 47.6. The fourth-order valence-corrected chi connectivity index (χ4v) is 11.7. The molecule has 0 radical (unpaired) electrons. The van der Waals surface area contributed by atoms with Crippen LogP contribution in [-0.2, 0) is 60.7 Å². The molecule has 0 aliphatic rings. The summed E-state index contributed by atoms with van der Waals surface area (Å²) in [6, 6.07) is 37.3. The molecule has 0 aliphatic carbocycles. The molecule has 10 rings (SSSR count). The summed E-state index contributed by atoms with van der Waals surface area (Å²) < 4.78 is 118. The second-order valence-electron chi connectivity index (χ2n) is 22.1. The van der Waals surface area contributed by atoms with Gasteiger partial charge in [-0.1, -0.05) is 58.5 Å². The van der Waals surface area contributed by atoms with Crippen molar-refractivity contribution in [1.29, 1.82) is 0 Å². The molecular formula is C65H56Cl4N16O12S4. The molecule has 0 unspecified atom stereocenters. The molecule has 4 N–H and O–H groups in total. The van der Waals surface area contributed by atoms with Gasteiger partial charge < -0.3 is 10.6 Å². The number of nitrogens with zero attached hydrogens (tertiary/aromatic N) is 14. The molecule has 0 spiro atoms. The zero-order valence-electron chi connectivity index (χ0n) is 54.2. The van der Waals surface area contributed by atoms with E-state index in [1.807, 2.05) is 97.9 Å². The van der Waals surface area contributed by atoms with Gasteiger partial charge in [0.2, 0.25) is 11.9 Å². The van der Waals surface area contributed by atoms with E-state index in [4.69, 9.17) is 102 Å². The van der Waals surface area contributed by atoms with Gasteiger partial charge in [0.1, 0.15) is 33.1 Å². The summed E-state index contributed by atoms with van der Waals surface area (Å²) in [5.41, 5.74) is 13.5. The third-order valence-electron chi connectivity index (χ3n) is 14.5. The van der Waals surface area contributed by atoms with Crippen molar-refractivity contribution in [2.75, 3.05) is 10.6 Å². The maximum absolute atomic E-state index is 12.0. The zero-order chi connectivity index (χ0) is 73.6. The minimum absolute atomic E-state index is 0.0150. The Balaban J connectivity index is 0.00000154. The number of hydrogen-bond acceptors (Lipinski definition) is 26. The van der Waals surface area contributed by atoms with Gasteiger partial charge in [-0.25, -0.2) is 15.0 Å². The summed E-state index contributed by atoms with van der Waals surface area (Å²) in [7, 11) is -15.5. The van der Waals surface area contributed by atoms with Gasteiger partial charge in [0, 0.05) is 34.3 Å². The Morgan fingerprint density at radius 1 is 0.347 bits per heavy atom. The number of rotatable bonds is 20. The highest BCUT2D eigenvalue weighted by Gasteiger charge is 2.20. The lowest BCUT2D eigenvalue weighted by Gasteiger charge is -2.15. The van der Waals surface area contributed by atoms with Gasteiger partial charge in [0.25, 0.3) is 20.2 Å². The molecular weight excluding hydrogens is 1470 g/mol. The highest BCUT2D eigenvalue weighted by atomic mass is 35.5. The molecule has 101 heavy (non-hydrogen) atoms. The van der Waals surface area contributed by atoms with Crippen molar-refractivity contribution >= 4 is 157 Å². The number of aryl methyl sites for hydroxylation is 8. The Kier molecular flexibility index (Phi) is 25.8. The predicted molar refractivity (Wildman–Crippen MR) is 380 cm³/mol. The number of aromatic nitrogens is 6. The van der Waals surface area contributed by atoms with E-state index in [0.717, 1.165) is 62.2 Å². The summed E-state index contributed by atoms with van der Waals surface area (Å²) in [4.78, 5) is 29.1. The quantitative estimate of drug-likeness (QED) is 0.0407. The van der Waals surface area contributed by atoms with Crippen LogP contribution in [0.2, 0.25) is 20.1 Å². The zero-order valence-corrected chi connectivity index (χ0v) is 60.5. The van der Waals surface area contributed by atoms with E-state index in [9.17, 15) is 25.9 Å². The van der Waals surface area contributed by atoms with E-state index in [1.54, 1.807) is 54.6 Å². The Hall–Kier alpha value is -10.00. The minimum Gasteiger partial charge on any atom is -0.324 e. The maximum Gasteiger partial charge on any atom is 0.425 e. The van der Waals surface area contributed by atoms with Crippen LogP contribution in [0.15, 0.2) is 184 Å². The van der Waals surface area contributed by atoms with E-state index in [-0.39, 0.29) is 46.2 Å². The van der Waals surface area contributed by atoms with Crippen LogP contribution < -0.4 is 10.6 Å². The topological polar surface area (TPSA) is 411 Å². The van der Waals surface area contributed by atoms with Gasteiger partial charge in [-0.3, -0.25) is 9.11 Å². The molecule has 0 atom stereocenters. The minimum atomic E-state index is -4.62. The van der Waals surface area contributed by atoms with Crippen LogP contribution in [0.25, 0.3) is 0 Å². The first-order valence-electron chi connectivity index (χ1n) is 29.3. The lowest BCUT2D eigenvalue weighted by Crippen LogP contribution is -2.13. The number of azo groups is 4. The van der Waals surface area contributed by atoms with Crippen molar-refractivity contribution in [2.24, 2.45) is 40.9 Å². The van der Waals surface area contributed by atoms with Gasteiger partial charge in [-0.15, -0.1) is 25.3 Å². The summed E-state index contributed by atoms with van der Waals surface area (Å²) >= 11 is 24.3. The molecule has 0 amide bonds. The lowest BCUT2D eigenvalue weighted by atomic mass is 10.00. The molecule has 0 bridgehead atoms. The van der Waals surface area contributed by atoms with Gasteiger partial charge in [-0.05, 0) is 232 Å². The van der Waals surface area contributed by atoms with E-state index < -0.39 is 51.2 Å². The van der Waals surface area contributed by atoms with Crippen molar-refractivity contribution < 1.29 is 51.2 Å². The molecule has 2 aromatic heterocycles. The molecule has 520 valence electrons. The average Bonchev–Trinajstić information content (AvgIpc) is 0.829. The second-order valence-corrected chi connectivity index (χ2v) is 27.4. The normalized spacial score (nSPS) is 11.6. The molecule has 28 nitrogen and oxygen atoms in total. The summed E-state index contributed by atoms with van der Waals surface area (Å²) in [6.45, 7) is 15.3. The Labute approximate surface area is 602 Å². The molecule has 0 saturated carbocycles. The maximum atomic E-state index is 12.0. The lowest BCUT2D eigenvalue weighted by molar-refractivity contribution is 0.481. The average molecular weight is 1520 g/mol. The van der Waals surface area contributed by atoms with Crippen molar-refractivity contribution in [3.8, 4) is 0 Å². The van der Waals surface area contributed by atoms with E-state index in [1.165, 1.54) is 24.3 Å². The Morgan fingerprint density at radius 3 is 0.970 bits per heavy atom. The number of anilines is 4. The number of halogens is 4. The van der Waals surface area contributed by atoms with Crippen molar-refractivity contribution in [3.63, 3.8) is 0 Å². The summed E-state index contributed by atoms with van der Waals surface area (Å²) in [6.07, 6.45) is 0.601. The van der Waals surface area contributed by atoms with Crippen LogP contribution in [0.3, 0.4) is 0 Å². The van der Waals surface area contributed by atoms with Crippen LogP contribution in [0.5, 0.6) is 0 Å². The SMILES string of the molecule is Cc1cc(N=Nc2ccc(Cl)cc2)c(C)cc1Cc1nc(Cc2nc(Nc3cc(C)c(N=Nc4ccc(Cl)cc4)cc3C)nc(Nc3cc(C)c(N=Nc4ccc(Cl)c(S(=O)(=O)O)c4)cc3C)n2)nc(Cc2cc(C)c(N=Nc3ccc(Cl)c(S(=O)(=O)O)c3)cc2C)n1.O=S(=O)=O.O=S(=O)=O. The highest BCUT2D eigenvalue weighted by Crippen LogP contribution is 2.36. The van der Waals surface area contributed by atoms with Crippen LogP contribution in [0, 0.1) is 55.4 Å². The van der Waals surface area contributed by atoms with Gasteiger partial charge >= 0.3 is 21.2 Å². The fraction of sp³-hybridized carbons (Fsp3) is 0.169. The summed E-state index contributed by atoms with van der Waals surface area (Å²) in [5.74, 6) is 1.95. The molecule has 36 heteroatoms. The smallest absolute Gasteiger partial charge is 0.324 e. The third-order valence-corrected chi connectivity index (χ3v) is 17.7. The Morgan fingerprint density at radius 2 is 0.634 bits per heavy atom. The van der Waals surface area contributed by atoms with Crippen molar-refractivity contribution in [1.82, 2.24) is 29.9 Å². The second kappa shape index (κ2) is 33.9. The monoisotopic (exact) mass is 1520 g/mol. The number of benzene rings is 8. The molecule has 2 heterocycles. The van der Waals surface area contributed by atoms with Crippen molar-refractivity contribution in [2.45, 2.75) is 84.4 Å². The molecule has 8 aromatic carbocycles. The first-order valence-corrected chi connectivity index (χ1v) is 35.7. The number of hydrogen-bond donors (Lipinski definition) is 4. The molecule has 0 saturated heterocycles. The predicted octanol–water partition coefficient (Wildman–Crippen LogP) is 17.5. The van der Waals surface area contributed by atoms with Crippen LogP contribution in [0.1, 0.15) is 78.9 Å². The van der Waals surface area contributed by atoms with Crippen LogP contribution in [-0.4, -0.2) is 81.1 Å². The van der Waals surface area contributed by atoms with E-state index >= 15 is 0 Å². The van der Waals surface area contributed by atoms with Crippen LogP contribution >= 0.6 is 46.4 Å². The van der Waals surface area contributed by atoms with E-state index in [2.05, 4.69) is 51.5 Å². The first kappa shape index (κ1) is 76.7. The van der Waals surface area contributed by atoms with Gasteiger partial charge in [-0.2, -0.15) is 72.7 Å². The van der Waals surface area contributed by atoms with E-state index in [0.29, 0.717) is 90.8 Å². The highest BCUT2D eigenvalue weighted by molar-refractivity contribution is 7.86. The van der Waals surface area contributed by atoms with Crippen LogP contribution in [0.4, 0.5) is 68.8 Å². The molecule has 0 aliphatic heterocycles. The summed E-state index contributed by atoms with van der Waals surface area (Å²) in [5, 5.41) is 43.0. The largest absolute Gasteiger partial charge is 0.425 e. The molecule has 10 aromatic rings. The number of nitrogens with one attached hydrogen (secondary N) is 2. The molecule has 0 fully saturated rings. The van der Waals surface area contributed by atoms with Gasteiger partial charge in [0.15, 0.2) is 0 Å². The van der Waals surface area contributed by atoms with Crippen molar-refractivity contribution in [3.05, 3.63) is 232 Å². The van der Waals surface area contributed by atoms with Gasteiger partial charge in [0.05, 0.1) is 62.0 Å². The fourth-order valence-electron chi connectivity index (χ4n) is 9.46. The Bertz CT molecular complexity index is 5130.